The zero-order chi connectivity index (χ0) is 24.0. The molecule has 4 rings (SSSR count). The number of carboxylic acids is 1. The van der Waals surface area contributed by atoms with E-state index in [1.54, 1.807) is 0 Å². The van der Waals surface area contributed by atoms with Crippen LogP contribution in [0.5, 0.6) is 0 Å². The van der Waals surface area contributed by atoms with Gasteiger partial charge >= 0.3 is 12.1 Å². The third-order valence-corrected chi connectivity index (χ3v) is 5.24. The number of benzene rings is 1. The van der Waals surface area contributed by atoms with Crippen LogP contribution >= 0.6 is 0 Å². The van der Waals surface area contributed by atoms with Crippen molar-refractivity contribution in [1.82, 2.24) is 15.6 Å². The number of carbonyl (C=O) groups is 2. The number of anilines is 2. The van der Waals surface area contributed by atoms with Gasteiger partial charge in [0.25, 0.3) is 5.91 Å². The van der Waals surface area contributed by atoms with Gasteiger partial charge in [-0.2, -0.15) is 13.2 Å². The number of halogens is 3. The van der Waals surface area contributed by atoms with Gasteiger partial charge in [-0.1, -0.05) is 0 Å². The van der Waals surface area contributed by atoms with E-state index in [1.807, 2.05) is 30.5 Å². The molecule has 178 valence electrons. The molecule has 2 aromatic rings. The third-order valence-electron chi connectivity index (χ3n) is 5.24. The molecule has 2 aliphatic rings. The molecule has 11 heteroatoms. The second-order valence-electron chi connectivity index (χ2n) is 7.87. The molecule has 33 heavy (non-hydrogen) atoms. The van der Waals surface area contributed by atoms with Gasteiger partial charge in [0.1, 0.15) is 5.82 Å². The lowest BCUT2D eigenvalue weighted by Gasteiger charge is -2.28. The van der Waals surface area contributed by atoms with Crippen LogP contribution in [0.3, 0.4) is 0 Å². The maximum atomic E-state index is 12.5. The van der Waals surface area contributed by atoms with Crippen molar-refractivity contribution in [3.63, 3.8) is 0 Å². The number of fused-ring (bicyclic) bond motifs is 1. The van der Waals surface area contributed by atoms with E-state index in [2.05, 4.69) is 38.8 Å². The molecule has 0 saturated carbocycles. The maximum absolute atomic E-state index is 12.5. The van der Waals surface area contributed by atoms with Crippen molar-refractivity contribution >= 4 is 23.4 Å². The van der Waals surface area contributed by atoms with Gasteiger partial charge in [0.15, 0.2) is 0 Å². The van der Waals surface area contributed by atoms with Crippen LogP contribution in [-0.4, -0.2) is 60.4 Å². The third kappa shape index (κ3) is 6.82. The zero-order valence-corrected chi connectivity index (χ0v) is 18.1. The fraction of sp³-hybridized carbons (Fsp3) is 0.409. The topological polar surface area (TPSA) is 107 Å². The van der Waals surface area contributed by atoms with Crippen LogP contribution in [0.15, 0.2) is 36.5 Å². The molecule has 1 atom stereocenters. The molecule has 0 aliphatic carbocycles. The lowest BCUT2D eigenvalue weighted by Crippen LogP contribution is -2.43. The highest BCUT2D eigenvalue weighted by Crippen LogP contribution is 2.26. The molecule has 0 unspecified atom stereocenters. The Bertz CT molecular complexity index is 993. The Morgan fingerprint density at radius 3 is 2.58 bits per heavy atom. The highest BCUT2D eigenvalue weighted by Gasteiger charge is 2.38. The predicted molar refractivity (Wildman–Crippen MR) is 117 cm³/mol. The van der Waals surface area contributed by atoms with Crippen molar-refractivity contribution in [2.24, 2.45) is 0 Å². The lowest BCUT2D eigenvalue weighted by molar-refractivity contribution is -0.192. The van der Waals surface area contributed by atoms with Gasteiger partial charge in [-0.25, -0.2) is 9.78 Å². The minimum absolute atomic E-state index is 0.0344. The smallest absolute Gasteiger partial charge is 0.475 e. The van der Waals surface area contributed by atoms with Crippen LogP contribution < -0.4 is 20.9 Å². The summed E-state index contributed by atoms with van der Waals surface area (Å²) in [5, 5.41) is 16.9. The standard InChI is InChI=1S/C20H25N5O.C2HF3O2/c1-14-10-17-12-16(2-3-18(17)24-14)20(26)23-13-15-4-5-22-19(11-15)25-8-6-21-7-9-25;3-2(4,5)1(6)7/h2-5,11-12,14,21,24H,6-10,13H2,1H3,(H,23,26);(H,6,7)/t14-;/m0./s1. The van der Waals surface area contributed by atoms with Crippen molar-refractivity contribution in [2.75, 3.05) is 36.4 Å². The van der Waals surface area contributed by atoms with Crippen LogP contribution in [-0.2, 0) is 17.8 Å². The van der Waals surface area contributed by atoms with Gasteiger partial charge in [0, 0.05) is 56.2 Å². The first-order chi connectivity index (χ1) is 15.6. The van der Waals surface area contributed by atoms with Gasteiger partial charge in [0.2, 0.25) is 0 Å². The second-order valence-corrected chi connectivity index (χ2v) is 7.87. The first-order valence-corrected chi connectivity index (χ1v) is 10.5. The van der Waals surface area contributed by atoms with E-state index in [0.717, 1.165) is 55.2 Å². The molecule has 1 amide bonds. The molecule has 1 saturated heterocycles. The minimum Gasteiger partial charge on any atom is -0.475 e. The summed E-state index contributed by atoms with van der Waals surface area (Å²) in [4.78, 5) is 28.2. The van der Waals surface area contributed by atoms with Crippen LogP contribution in [0.1, 0.15) is 28.4 Å². The Morgan fingerprint density at radius 2 is 1.91 bits per heavy atom. The lowest BCUT2D eigenvalue weighted by atomic mass is 10.1. The number of aromatic nitrogens is 1. The molecule has 1 aromatic heterocycles. The van der Waals surface area contributed by atoms with Crippen molar-refractivity contribution in [3.8, 4) is 0 Å². The molecule has 1 aromatic carbocycles. The quantitative estimate of drug-likeness (QED) is 0.550. The van der Waals surface area contributed by atoms with Gasteiger partial charge in [0.05, 0.1) is 0 Å². The van der Waals surface area contributed by atoms with Crippen LogP contribution in [0, 0.1) is 0 Å². The number of nitrogens with zero attached hydrogens (tertiary/aromatic N) is 2. The number of pyridine rings is 1. The van der Waals surface area contributed by atoms with Crippen LogP contribution in [0.4, 0.5) is 24.7 Å². The largest absolute Gasteiger partial charge is 0.490 e. The van der Waals surface area contributed by atoms with E-state index < -0.39 is 12.1 Å². The van der Waals surface area contributed by atoms with Crippen LogP contribution in [0.2, 0.25) is 0 Å². The Labute approximate surface area is 189 Å². The molecule has 1 fully saturated rings. The molecule has 0 spiro atoms. The number of carbonyl (C=O) groups excluding carboxylic acids is 1. The van der Waals surface area contributed by atoms with E-state index in [9.17, 15) is 18.0 Å². The average Bonchev–Trinajstić information content (AvgIpc) is 3.17. The Hall–Kier alpha value is -3.34. The Kier molecular flexibility index (Phi) is 7.75. The number of aliphatic carboxylic acids is 1. The van der Waals surface area contributed by atoms with E-state index in [-0.39, 0.29) is 5.91 Å². The summed E-state index contributed by atoms with van der Waals surface area (Å²) >= 11 is 0. The summed E-state index contributed by atoms with van der Waals surface area (Å²) in [5.41, 5.74) is 4.15. The number of hydrogen-bond acceptors (Lipinski definition) is 6. The fourth-order valence-electron chi connectivity index (χ4n) is 3.61. The zero-order valence-electron chi connectivity index (χ0n) is 18.1. The molecular weight excluding hydrogens is 439 g/mol. The summed E-state index contributed by atoms with van der Waals surface area (Å²) in [5.74, 6) is -1.81. The van der Waals surface area contributed by atoms with Crippen molar-refractivity contribution in [2.45, 2.75) is 32.1 Å². The number of hydrogen-bond donors (Lipinski definition) is 4. The highest BCUT2D eigenvalue weighted by molar-refractivity contribution is 5.95. The summed E-state index contributed by atoms with van der Waals surface area (Å²) in [6.07, 6.45) is -2.30. The summed E-state index contributed by atoms with van der Waals surface area (Å²) in [6, 6.07) is 10.4. The second kappa shape index (κ2) is 10.5. The Morgan fingerprint density at radius 1 is 1.21 bits per heavy atom. The normalized spacial score (nSPS) is 17.3. The predicted octanol–water partition coefficient (Wildman–Crippen LogP) is 2.41. The van der Waals surface area contributed by atoms with E-state index >= 15 is 0 Å². The molecule has 3 heterocycles. The van der Waals surface area contributed by atoms with Gasteiger partial charge in [-0.3, -0.25) is 4.79 Å². The monoisotopic (exact) mass is 465 g/mol. The van der Waals surface area contributed by atoms with Crippen LogP contribution in [0.25, 0.3) is 0 Å². The first kappa shape index (κ1) is 24.3. The van der Waals surface area contributed by atoms with E-state index in [1.165, 1.54) is 5.56 Å². The van der Waals surface area contributed by atoms with E-state index in [4.69, 9.17) is 9.90 Å². The SMILES string of the molecule is C[C@H]1Cc2cc(C(=O)NCc3ccnc(N4CCNCC4)c3)ccc2N1.O=C(O)C(F)(F)F. The first-order valence-electron chi connectivity index (χ1n) is 10.5. The van der Waals surface area contributed by atoms with Gasteiger partial charge in [-0.05, 0) is 54.8 Å². The summed E-state index contributed by atoms with van der Waals surface area (Å²) < 4.78 is 31.7. The van der Waals surface area contributed by atoms with Gasteiger partial charge < -0.3 is 26.0 Å². The van der Waals surface area contributed by atoms with Gasteiger partial charge in [-0.15, -0.1) is 0 Å². The number of nitrogens with one attached hydrogen (secondary N) is 3. The summed E-state index contributed by atoms with van der Waals surface area (Å²) in [6.45, 7) is 6.54. The molecule has 8 nitrogen and oxygen atoms in total. The number of rotatable bonds is 4. The molecule has 4 N–H and O–H groups in total. The number of alkyl halides is 3. The number of piperazine rings is 1. The number of carboxylic acid groups (broad SMARTS) is 1. The summed E-state index contributed by atoms with van der Waals surface area (Å²) in [7, 11) is 0. The molecule has 0 bridgehead atoms. The number of amides is 1. The minimum atomic E-state index is -5.08. The Balaban J connectivity index is 0.000000383. The molecule has 2 aliphatic heterocycles. The molecule has 0 radical (unpaired) electrons. The average molecular weight is 465 g/mol. The van der Waals surface area contributed by atoms with Crippen molar-refractivity contribution in [1.29, 1.82) is 0 Å². The maximum Gasteiger partial charge on any atom is 0.490 e. The van der Waals surface area contributed by atoms with Crippen molar-refractivity contribution in [3.05, 3.63) is 53.2 Å². The van der Waals surface area contributed by atoms with Crippen molar-refractivity contribution < 1.29 is 27.9 Å². The highest BCUT2D eigenvalue weighted by atomic mass is 19.4. The fourth-order valence-corrected chi connectivity index (χ4v) is 3.61. The van der Waals surface area contributed by atoms with E-state index in [0.29, 0.717) is 12.6 Å². The molecular formula is C22H26F3N5O3.